The monoisotopic (exact) mass is 379 g/mol. The van der Waals surface area contributed by atoms with Crippen LogP contribution in [0.3, 0.4) is 0 Å². The zero-order chi connectivity index (χ0) is 19.6. The lowest BCUT2D eigenvalue weighted by Crippen LogP contribution is -2.22. The molecule has 0 unspecified atom stereocenters. The highest BCUT2D eigenvalue weighted by molar-refractivity contribution is 5.98. The van der Waals surface area contributed by atoms with Crippen molar-refractivity contribution < 1.29 is 9.21 Å². The predicted octanol–water partition coefficient (Wildman–Crippen LogP) is 4.97. The zero-order valence-electron chi connectivity index (χ0n) is 15.5. The van der Waals surface area contributed by atoms with Gasteiger partial charge in [0.15, 0.2) is 5.58 Å². The van der Waals surface area contributed by atoms with Crippen LogP contribution < -0.4 is 5.32 Å². The summed E-state index contributed by atoms with van der Waals surface area (Å²) in [4.78, 5) is 21.0. The molecule has 5 rings (SSSR count). The summed E-state index contributed by atoms with van der Waals surface area (Å²) in [6.45, 7) is 0.448. The molecule has 5 heteroatoms. The first-order chi connectivity index (χ1) is 14.3. The highest BCUT2D eigenvalue weighted by atomic mass is 16.3. The highest BCUT2D eigenvalue weighted by Crippen LogP contribution is 2.24. The Morgan fingerprint density at radius 3 is 2.59 bits per heavy atom. The van der Waals surface area contributed by atoms with Crippen LogP contribution in [0.15, 0.2) is 89.6 Å². The van der Waals surface area contributed by atoms with Crippen LogP contribution in [-0.2, 0) is 6.54 Å². The molecule has 0 atom stereocenters. The molecule has 0 radical (unpaired) electrons. The maximum absolute atomic E-state index is 12.5. The van der Waals surface area contributed by atoms with E-state index in [0.717, 1.165) is 27.4 Å². The van der Waals surface area contributed by atoms with Gasteiger partial charge in [0.2, 0.25) is 5.89 Å². The van der Waals surface area contributed by atoms with Crippen LogP contribution in [0.2, 0.25) is 0 Å². The molecule has 0 aliphatic rings. The molecule has 1 amide bonds. The standard InChI is InChI=1S/C24H17N3O2/c28-23(20-10-9-17-3-1-2-4-19(17)13-20)26-14-16-5-7-18(8-6-16)24-27-21-15-25-12-11-22(21)29-24/h1-13,15H,14H2,(H,26,28). The number of carbonyl (C=O) groups excluding carboxylic acids is 1. The summed E-state index contributed by atoms with van der Waals surface area (Å²) in [7, 11) is 0. The van der Waals surface area contributed by atoms with E-state index in [1.54, 1.807) is 18.5 Å². The van der Waals surface area contributed by atoms with Crippen molar-refractivity contribution in [2.45, 2.75) is 6.54 Å². The molecule has 0 fully saturated rings. The van der Waals surface area contributed by atoms with E-state index in [1.807, 2.05) is 66.7 Å². The van der Waals surface area contributed by atoms with Crippen LogP contribution in [0.4, 0.5) is 0 Å². The normalized spacial score (nSPS) is 11.0. The van der Waals surface area contributed by atoms with E-state index in [0.29, 0.717) is 23.6 Å². The first kappa shape index (κ1) is 17.1. The summed E-state index contributed by atoms with van der Waals surface area (Å²) in [6.07, 6.45) is 3.36. The second kappa shape index (κ2) is 7.20. The fourth-order valence-corrected chi connectivity index (χ4v) is 3.28. The second-order valence-corrected chi connectivity index (χ2v) is 6.80. The van der Waals surface area contributed by atoms with E-state index in [-0.39, 0.29) is 5.91 Å². The van der Waals surface area contributed by atoms with Gasteiger partial charge in [-0.2, -0.15) is 0 Å². The van der Waals surface area contributed by atoms with Gasteiger partial charge in [-0.05, 0) is 40.6 Å². The van der Waals surface area contributed by atoms with Crippen molar-refractivity contribution in [3.63, 3.8) is 0 Å². The van der Waals surface area contributed by atoms with Gasteiger partial charge >= 0.3 is 0 Å². The first-order valence-corrected chi connectivity index (χ1v) is 9.33. The maximum Gasteiger partial charge on any atom is 0.251 e. The van der Waals surface area contributed by atoms with Crippen LogP contribution in [0, 0.1) is 0 Å². The molecule has 1 N–H and O–H groups in total. The lowest BCUT2D eigenvalue weighted by Gasteiger charge is -2.07. The second-order valence-electron chi connectivity index (χ2n) is 6.80. The highest BCUT2D eigenvalue weighted by Gasteiger charge is 2.09. The van der Waals surface area contributed by atoms with Gasteiger partial charge in [0.25, 0.3) is 5.91 Å². The quantitative estimate of drug-likeness (QED) is 0.478. The van der Waals surface area contributed by atoms with Crippen molar-refractivity contribution in [2.24, 2.45) is 0 Å². The number of benzene rings is 3. The Balaban J connectivity index is 1.28. The van der Waals surface area contributed by atoms with E-state index in [4.69, 9.17) is 4.42 Å². The lowest BCUT2D eigenvalue weighted by atomic mass is 10.1. The Morgan fingerprint density at radius 2 is 1.76 bits per heavy atom. The minimum Gasteiger partial charge on any atom is -0.436 e. The number of oxazole rings is 1. The molecule has 0 aliphatic carbocycles. The number of hydrogen-bond acceptors (Lipinski definition) is 4. The molecule has 5 aromatic rings. The maximum atomic E-state index is 12.5. The summed E-state index contributed by atoms with van der Waals surface area (Å²) in [6, 6.07) is 23.3. The Morgan fingerprint density at radius 1 is 0.931 bits per heavy atom. The molecular formula is C24H17N3O2. The number of rotatable bonds is 4. The Hall–Kier alpha value is -3.99. The first-order valence-electron chi connectivity index (χ1n) is 9.33. The molecule has 0 aliphatic heterocycles. The number of amides is 1. The Bertz CT molecular complexity index is 1290. The van der Waals surface area contributed by atoms with Gasteiger partial charge in [0.05, 0.1) is 6.20 Å². The Labute approximate surface area is 167 Å². The van der Waals surface area contributed by atoms with Crippen LogP contribution in [0.1, 0.15) is 15.9 Å². The van der Waals surface area contributed by atoms with Crippen molar-refractivity contribution in [3.05, 3.63) is 96.3 Å². The predicted molar refractivity (Wildman–Crippen MR) is 112 cm³/mol. The number of hydrogen-bond donors (Lipinski definition) is 1. The van der Waals surface area contributed by atoms with E-state index in [1.165, 1.54) is 0 Å². The SMILES string of the molecule is O=C(NCc1ccc(-c2nc3cnccc3o2)cc1)c1ccc2ccccc2c1. The van der Waals surface area contributed by atoms with Crippen molar-refractivity contribution in [3.8, 4) is 11.5 Å². The fourth-order valence-electron chi connectivity index (χ4n) is 3.28. The summed E-state index contributed by atoms with van der Waals surface area (Å²) in [5.74, 6) is 0.464. The van der Waals surface area contributed by atoms with Crippen molar-refractivity contribution >= 4 is 27.8 Å². The summed E-state index contributed by atoms with van der Waals surface area (Å²) < 4.78 is 5.76. The number of nitrogens with zero attached hydrogens (tertiary/aromatic N) is 2. The molecular weight excluding hydrogens is 362 g/mol. The van der Waals surface area contributed by atoms with Gasteiger partial charge in [0.1, 0.15) is 5.52 Å². The third-order valence-corrected chi connectivity index (χ3v) is 4.86. The number of carbonyl (C=O) groups is 1. The summed E-state index contributed by atoms with van der Waals surface area (Å²) in [5, 5.41) is 5.15. The smallest absolute Gasteiger partial charge is 0.251 e. The van der Waals surface area contributed by atoms with Gasteiger partial charge < -0.3 is 9.73 Å². The number of nitrogens with one attached hydrogen (secondary N) is 1. The third-order valence-electron chi connectivity index (χ3n) is 4.86. The molecule has 3 aromatic carbocycles. The molecule has 0 saturated carbocycles. The van der Waals surface area contributed by atoms with Crippen LogP contribution in [0.25, 0.3) is 33.3 Å². The summed E-state index contributed by atoms with van der Waals surface area (Å²) >= 11 is 0. The molecule has 140 valence electrons. The van der Waals surface area contributed by atoms with Gasteiger partial charge in [-0.3, -0.25) is 9.78 Å². The van der Waals surface area contributed by atoms with Crippen LogP contribution in [-0.4, -0.2) is 15.9 Å². The van der Waals surface area contributed by atoms with Gasteiger partial charge in [-0.15, -0.1) is 0 Å². The van der Waals surface area contributed by atoms with Crippen molar-refractivity contribution in [1.29, 1.82) is 0 Å². The van der Waals surface area contributed by atoms with E-state index in [2.05, 4.69) is 15.3 Å². The third kappa shape index (κ3) is 3.46. The molecule has 0 spiro atoms. The average Bonchev–Trinajstić information content (AvgIpc) is 3.22. The van der Waals surface area contributed by atoms with Gasteiger partial charge in [-0.25, -0.2) is 4.98 Å². The van der Waals surface area contributed by atoms with Gasteiger partial charge in [-0.1, -0.05) is 42.5 Å². The van der Waals surface area contributed by atoms with Crippen LogP contribution in [0.5, 0.6) is 0 Å². The van der Waals surface area contributed by atoms with E-state index in [9.17, 15) is 4.79 Å². The summed E-state index contributed by atoms with van der Waals surface area (Å²) in [5.41, 5.74) is 3.97. The molecule has 29 heavy (non-hydrogen) atoms. The fraction of sp³-hybridized carbons (Fsp3) is 0.0417. The molecule has 2 heterocycles. The number of fused-ring (bicyclic) bond motifs is 2. The molecule has 2 aromatic heterocycles. The van der Waals surface area contributed by atoms with E-state index < -0.39 is 0 Å². The Kier molecular flexibility index (Phi) is 4.26. The number of aromatic nitrogens is 2. The lowest BCUT2D eigenvalue weighted by molar-refractivity contribution is 0.0951. The van der Waals surface area contributed by atoms with E-state index >= 15 is 0 Å². The van der Waals surface area contributed by atoms with Crippen molar-refractivity contribution in [1.82, 2.24) is 15.3 Å². The number of pyridine rings is 1. The average molecular weight is 379 g/mol. The molecule has 5 nitrogen and oxygen atoms in total. The molecule has 0 bridgehead atoms. The minimum atomic E-state index is -0.0914. The van der Waals surface area contributed by atoms with Crippen LogP contribution >= 0.6 is 0 Å². The topological polar surface area (TPSA) is 68.0 Å². The zero-order valence-corrected chi connectivity index (χ0v) is 15.5. The van der Waals surface area contributed by atoms with Crippen molar-refractivity contribution in [2.75, 3.05) is 0 Å². The minimum absolute atomic E-state index is 0.0914. The largest absolute Gasteiger partial charge is 0.436 e. The van der Waals surface area contributed by atoms with Gasteiger partial charge in [0, 0.05) is 29.9 Å². The molecule has 0 saturated heterocycles.